The van der Waals surface area contributed by atoms with Gasteiger partial charge in [0, 0.05) is 17.4 Å². The van der Waals surface area contributed by atoms with Gasteiger partial charge in [0.15, 0.2) is 0 Å². The van der Waals surface area contributed by atoms with E-state index in [-0.39, 0.29) is 28.2 Å². The fourth-order valence-electron chi connectivity index (χ4n) is 1.87. The average Bonchev–Trinajstić information content (AvgIpc) is 2.41. The average molecular weight is 316 g/mol. The molecule has 21 heavy (non-hydrogen) atoms. The molecule has 5 nitrogen and oxygen atoms in total. The van der Waals surface area contributed by atoms with Gasteiger partial charge in [-0.1, -0.05) is 19.9 Å². The first-order valence-corrected chi connectivity index (χ1v) is 8.17. The molecule has 6 heteroatoms. The standard InChI is InChI=1S/C15H28N2O3S/c1-9(2)11(8-10(3)14(19)20)17(6)13(18)12(16)15(4,5)21-7/h8-9,11-12H,16H2,1-7H3,(H,19,20)/b10-8+/t11-,12-/m1/s1. The van der Waals surface area contributed by atoms with Crippen LogP contribution in [0.5, 0.6) is 0 Å². The van der Waals surface area contributed by atoms with Gasteiger partial charge < -0.3 is 15.7 Å². The van der Waals surface area contributed by atoms with Crippen LogP contribution in [0, 0.1) is 5.92 Å². The van der Waals surface area contributed by atoms with Gasteiger partial charge in [0.2, 0.25) is 5.91 Å². The third-order valence-corrected chi connectivity index (χ3v) is 5.08. The summed E-state index contributed by atoms with van der Waals surface area (Å²) in [5.74, 6) is -1.06. The maximum absolute atomic E-state index is 12.6. The van der Waals surface area contributed by atoms with Gasteiger partial charge in [0.1, 0.15) is 0 Å². The molecule has 0 rings (SSSR count). The van der Waals surface area contributed by atoms with Gasteiger partial charge in [-0.3, -0.25) is 4.79 Å². The molecule has 0 bridgehead atoms. The van der Waals surface area contributed by atoms with Crippen LogP contribution in [-0.2, 0) is 9.59 Å². The number of hydrogen-bond donors (Lipinski definition) is 2. The van der Waals surface area contributed by atoms with Crippen LogP contribution >= 0.6 is 11.8 Å². The van der Waals surface area contributed by atoms with Crippen LogP contribution in [0.4, 0.5) is 0 Å². The van der Waals surface area contributed by atoms with E-state index in [9.17, 15) is 9.59 Å². The predicted molar refractivity (Wildman–Crippen MR) is 88.4 cm³/mol. The maximum atomic E-state index is 12.6. The van der Waals surface area contributed by atoms with Crippen molar-refractivity contribution in [2.45, 2.75) is 51.4 Å². The topological polar surface area (TPSA) is 83.6 Å². The summed E-state index contributed by atoms with van der Waals surface area (Å²) in [7, 11) is 1.68. The quantitative estimate of drug-likeness (QED) is 0.702. The number of amides is 1. The first-order chi connectivity index (χ1) is 9.45. The Morgan fingerprint density at radius 3 is 2.14 bits per heavy atom. The van der Waals surface area contributed by atoms with Gasteiger partial charge in [-0.15, -0.1) is 0 Å². The largest absolute Gasteiger partial charge is 0.478 e. The van der Waals surface area contributed by atoms with Crippen molar-refractivity contribution >= 4 is 23.6 Å². The van der Waals surface area contributed by atoms with E-state index in [1.165, 1.54) is 18.7 Å². The lowest BCUT2D eigenvalue weighted by Gasteiger charge is -2.36. The molecule has 0 aliphatic carbocycles. The smallest absolute Gasteiger partial charge is 0.331 e. The van der Waals surface area contributed by atoms with Crippen LogP contribution in [0.1, 0.15) is 34.6 Å². The van der Waals surface area contributed by atoms with Gasteiger partial charge in [0.05, 0.1) is 12.1 Å². The predicted octanol–water partition coefficient (Wildman–Crippen LogP) is 1.97. The summed E-state index contributed by atoms with van der Waals surface area (Å²) in [4.78, 5) is 25.1. The van der Waals surface area contributed by atoms with E-state index < -0.39 is 12.0 Å². The Morgan fingerprint density at radius 2 is 1.81 bits per heavy atom. The lowest BCUT2D eigenvalue weighted by molar-refractivity contribution is -0.135. The molecule has 122 valence electrons. The Labute approximate surface area is 131 Å². The molecule has 0 aliphatic rings. The van der Waals surface area contributed by atoms with Crippen molar-refractivity contribution in [2.75, 3.05) is 13.3 Å². The minimum atomic E-state index is -0.977. The number of aliphatic carboxylic acids is 1. The fourth-order valence-corrected chi connectivity index (χ4v) is 2.22. The number of carboxylic acids is 1. The van der Waals surface area contributed by atoms with Gasteiger partial charge in [0.25, 0.3) is 0 Å². The summed E-state index contributed by atoms with van der Waals surface area (Å²) >= 11 is 1.54. The molecule has 0 radical (unpaired) electrons. The lowest BCUT2D eigenvalue weighted by atomic mass is 9.97. The lowest BCUT2D eigenvalue weighted by Crippen LogP contribution is -2.55. The molecule has 3 N–H and O–H groups in total. The molecule has 0 spiro atoms. The molecule has 0 fully saturated rings. The number of carbonyl (C=O) groups is 2. The van der Waals surface area contributed by atoms with Crippen LogP contribution in [0.15, 0.2) is 11.6 Å². The van der Waals surface area contributed by atoms with Crippen LogP contribution in [0.3, 0.4) is 0 Å². The van der Waals surface area contributed by atoms with Crippen molar-refractivity contribution in [2.24, 2.45) is 11.7 Å². The van der Waals surface area contributed by atoms with Crippen molar-refractivity contribution in [1.29, 1.82) is 0 Å². The second kappa shape index (κ2) is 7.84. The monoisotopic (exact) mass is 316 g/mol. The highest BCUT2D eigenvalue weighted by Crippen LogP contribution is 2.26. The number of rotatable bonds is 7. The molecule has 0 saturated heterocycles. The molecule has 0 heterocycles. The number of carbonyl (C=O) groups excluding carboxylic acids is 1. The second-order valence-electron chi connectivity index (χ2n) is 6.12. The zero-order chi connectivity index (χ0) is 17.0. The molecule has 0 aromatic carbocycles. The SMILES string of the molecule is CSC(C)(C)[C@H](N)C(=O)N(C)[C@H](/C=C(\C)C(=O)O)C(C)C. The zero-order valence-corrected chi connectivity index (χ0v) is 14.8. The van der Waals surface area contributed by atoms with Gasteiger partial charge in [-0.05, 0) is 32.9 Å². The van der Waals surface area contributed by atoms with E-state index in [1.54, 1.807) is 18.0 Å². The third-order valence-electron chi connectivity index (χ3n) is 3.78. The van der Waals surface area contributed by atoms with Crippen LogP contribution in [0.25, 0.3) is 0 Å². The van der Waals surface area contributed by atoms with Crippen molar-refractivity contribution in [3.05, 3.63) is 11.6 Å². The summed E-state index contributed by atoms with van der Waals surface area (Å²) in [6.07, 6.45) is 3.53. The van der Waals surface area contributed by atoms with Crippen molar-refractivity contribution in [3.8, 4) is 0 Å². The minimum absolute atomic E-state index is 0.0952. The summed E-state index contributed by atoms with van der Waals surface area (Å²) in [5.41, 5.74) is 6.31. The molecule has 0 aliphatic heterocycles. The van der Waals surface area contributed by atoms with E-state index in [4.69, 9.17) is 10.8 Å². The Bertz CT molecular complexity index is 419. The molecule has 2 atom stereocenters. The number of likely N-dealkylation sites (N-methyl/N-ethyl adjacent to an activating group) is 1. The fraction of sp³-hybridized carbons (Fsp3) is 0.733. The molecule has 1 amide bonds. The Kier molecular flexibility index (Phi) is 7.47. The van der Waals surface area contributed by atoms with E-state index in [2.05, 4.69) is 0 Å². The maximum Gasteiger partial charge on any atom is 0.331 e. The van der Waals surface area contributed by atoms with E-state index in [1.807, 2.05) is 34.0 Å². The summed E-state index contributed by atoms with van der Waals surface area (Å²) < 4.78 is -0.377. The van der Waals surface area contributed by atoms with E-state index >= 15 is 0 Å². The molecule has 0 aromatic heterocycles. The normalized spacial score (nSPS) is 15.8. The first kappa shape index (κ1) is 20.0. The van der Waals surface area contributed by atoms with Gasteiger partial charge in [-0.2, -0.15) is 11.8 Å². The summed E-state index contributed by atoms with van der Waals surface area (Å²) in [6, 6.07) is -0.936. The van der Waals surface area contributed by atoms with Crippen molar-refractivity contribution in [1.82, 2.24) is 4.90 Å². The number of thioether (sulfide) groups is 1. The van der Waals surface area contributed by atoms with E-state index in [0.29, 0.717) is 0 Å². The summed E-state index contributed by atoms with van der Waals surface area (Å²) in [6.45, 7) is 9.28. The molecule has 0 unspecified atom stereocenters. The van der Waals surface area contributed by atoms with Crippen LogP contribution in [-0.4, -0.2) is 52.0 Å². The Hall–Kier alpha value is -1.01. The number of nitrogens with zero attached hydrogens (tertiary/aromatic N) is 1. The molecule has 0 saturated carbocycles. The highest BCUT2D eigenvalue weighted by molar-refractivity contribution is 8.00. The highest BCUT2D eigenvalue weighted by atomic mass is 32.2. The van der Waals surface area contributed by atoms with Gasteiger partial charge >= 0.3 is 5.97 Å². The van der Waals surface area contributed by atoms with Crippen LogP contribution in [0.2, 0.25) is 0 Å². The number of nitrogens with two attached hydrogens (primary N) is 1. The number of carboxylic acid groups (broad SMARTS) is 1. The Balaban J connectivity index is 5.33. The summed E-state index contributed by atoms with van der Waals surface area (Å²) in [5, 5.41) is 9.01. The first-order valence-electron chi connectivity index (χ1n) is 6.94. The van der Waals surface area contributed by atoms with Crippen molar-refractivity contribution in [3.63, 3.8) is 0 Å². The molecule has 0 aromatic rings. The second-order valence-corrected chi connectivity index (χ2v) is 7.58. The van der Waals surface area contributed by atoms with Crippen molar-refractivity contribution < 1.29 is 14.7 Å². The Morgan fingerprint density at radius 1 is 1.33 bits per heavy atom. The zero-order valence-electron chi connectivity index (χ0n) is 14.0. The molecular formula is C15H28N2O3S. The van der Waals surface area contributed by atoms with Gasteiger partial charge in [-0.25, -0.2) is 4.79 Å². The molecular weight excluding hydrogens is 288 g/mol. The van der Waals surface area contributed by atoms with E-state index in [0.717, 1.165) is 0 Å². The minimum Gasteiger partial charge on any atom is -0.478 e. The highest BCUT2D eigenvalue weighted by Gasteiger charge is 2.35. The third kappa shape index (κ3) is 5.36. The number of hydrogen-bond acceptors (Lipinski definition) is 4. The van der Waals surface area contributed by atoms with Crippen LogP contribution < -0.4 is 5.73 Å².